The second kappa shape index (κ2) is 3.38. The van der Waals surface area contributed by atoms with E-state index in [1.54, 1.807) is 13.8 Å². The Balaban J connectivity index is 2.52. The molecule has 82 valence electrons. The molecule has 6 nitrogen and oxygen atoms in total. The first kappa shape index (κ1) is 10.2. The molecule has 0 saturated carbocycles. The van der Waals surface area contributed by atoms with Crippen molar-refractivity contribution in [1.29, 1.82) is 0 Å². The Hall–Kier alpha value is -2.29. The highest BCUT2D eigenvalue weighted by Gasteiger charge is 2.20. The van der Waals surface area contributed by atoms with Crippen LogP contribution in [0.2, 0.25) is 0 Å². The lowest BCUT2D eigenvalue weighted by atomic mass is 10.1. The Kier molecular flexibility index (Phi) is 2.16. The molecule has 0 radical (unpaired) electrons. The fourth-order valence-corrected chi connectivity index (χ4v) is 1.17. The van der Waals surface area contributed by atoms with Gasteiger partial charge in [0.05, 0.1) is 6.33 Å². The minimum Gasteiger partial charge on any atom is -0.457 e. The summed E-state index contributed by atoms with van der Waals surface area (Å²) in [6.45, 7) is 3.51. The standard InChI is InChI=1S/C10H11N5O/c1-4-10(2,3)16-8-6-7(13-5-12-6)14-9(11)15-8/h1,5H,2-3H3,(H3,11,12,13,14,15). The fourth-order valence-electron chi connectivity index (χ4n) is 1.17. The maximum atomic E-state index is 5.56. The van der Waals surface area contributed by atoms with Crippen molar-refractivity contribution in [2.45, 2.75) is 19.4 Å². The smallest absolute Gasteiger partial charge is 0.246 e. The van der Waals surface area contributed by atoms with E-state index < -0.39 is 5.60 Å². The number of hydrogen-bond acceptors (Lipinski definition) is 5. The number of hydrogen-bond donors (Lipinski definition) is 2. The third-order valence-corrected chi connectivity index (χ3v) is 1.97. The summed E-state index contributed by atoms with van der Waals surface area (Å²) in [6.07, 6.45) is 6.83. The second-order valence-electron chi connectivity index (χ2n) is 3.74. The second-order valence-corrected chi connectivity index (χ2v) is 3.74. The van der Waals surface area contributed by atoms with Crippen molar-refractivity contribution in [3.05, 3.63) is 6.33 Å². The van der Waals surface area contributed by atoms with Gasteiger partial charge >= 0.3 is 0 Å². The van der Waals surface area contributed by atoms with Crippen LogP contribution in [0.3, 0.4) is 0 Å². The molecule has 0 fully saturated rings. The van der Waals surface area contributed by atoms with Crippen molar-refractivity contribution in [1.82, 2.24) is 19.9 Å². The molecule has 2 rings (SSSR count). The molecule has 0 aromatic carbocycles. The monoisotopic (exact) mass is 217 g/mol. The molecule has 0 bridgehead atoms. The number of ether oxygens (including phenoxy) is 1. The number of fused-ring (bicyclic) bond motifs is 1. The average Bonchev–Trinajstić information content (AvgIpc) is 2.65. The minimum absolute atomic E-state index is 0.0995. The van der Waals surface area contributed by atoms with Gasteiger partial charge in [-0.2, -0.15) is 9.97 Å². The number of anilines is 1. The summed E-state index contributed by atoms with van der Waals surface area (Å²) in [6, 6.07) is 0. The zero-order valence-corrected chi connectivity index (χ0v) is 8.98. The first-order valence-electron chi connectivity index (χ1n) is 4.65. The molecule has 0 spiro atoms. The molecular formula is C10H11N5O. The Morgan fingerprint density at radius 1 is 1.50 bits per heavy atom. The number of aromatic nitrogens is 4. The van der Waals surface area contributed by atoms with Crippen molar-refractivity contribution in [3.8, 4) is 18.2 Å². The van der Waals surface area contributed by atoms with Crippen LogP contribution in [0.4, 0.5) is 5.95 Å². The van der Waals surface area contributed by atoms with Gasteiger partial charge in [-0.05, 0) is 13.8 Å². The summed E-state index contributed by atoms with van der Waals surface area (Å²) in [5.41, 5.74) is 5.81. The van der Waals surface area contributed by atoms with E-state index in [0.29, 0.717) is 17.0 Å². The van der Waals surface area contributed by atoms with Crippen molar-refractivity contribution in [3.63, 3.8) is 0 Å². The molecule has 0 aliphatic carbocycles. The van der Waals surface area contributed by atoms with E-state index in [4.69, 9.17) is 16.9 Å². The summed E-state index contributed by atoms with van der Waals surface area (Å²) >= 11 is 0. The van der Waals surface area contributed by atoms with Crippen molar-refractivity contribution in [2.24, 2.45) is 0 Å². The molecule has 0 amide bonds. The molecule has 2 aromatic rings. The largest absolute Gasteiger partial charge is 0.457 e. The summed E-state index contributed by atoms with van der Waals surface area (Å²) in [5.74, 6) is 2.92. The molecule has 2 heterocycles. The molecule has 0 aliphatic heterocycles. The van der Waals surface area contributed by atoms with E-state index >= 15 is 0 Å². The summed E-state index contributed by atoms with van der Waals surface area (Å²) < 4.78 is 5.56. The first-order valence-corrected chi connectivity index (χ1v) is 4.65. The third kappa shape index (κ3) is 1.75. The molecule has 3 N–H and O–H groups in total. The number of imidazole rings is 1. The van der Waals surface area contributed by atoms with Gasteiger partial charge in [-0.1, -0.05) is 5.92 Å². The van der Waals surface area contributed by atoms with Crippen LogP contribution in [0.15, 0.2) is 6.33 Å². The van der Waals surface area contributed by atoms with Crippen molar-refractivity contribution < 1.29 is 4.74 Å². The van der Waals surface area contributed by atoms with Gasteiger partial charge in [0.2, 0.25) is 11.8 Å². The zero-order chi connectivity index (χ0) is 11.8. The van der Waals surface area contributed by atoms with Crippen LogP contribution < -0.4 is 10.5 Å². The Morgan fingerprint density at radius 2 is 2.25 bits per heavy atom. The van der Waals surface area contributed by atoms with Gasteiger partial charge in [-0.25, -0.2) is 4.98 Å². The third-order valence-electron chi connectivity index (χ3n) is 1.97. The van der Waals surface area contributed by atoms with Crippen LogP contribution >= 0.6 is 0 Å². The highest BCUT2D eigenvalue weighted by molar-refractivity contribution is 5.76. The molecule has 0 saturated heterocycles. The van der Waals surface area contributed by atoms with Crippen molar-refractivity contribution in [2.75, 3.05) is 5.73 Å². The van der Waals surface area contributed by atoms with E-state index in [0.717, 1.165) is 0 Å². The number of nitrogens with one attached hydrogen (secondary N) is 1. The minimum atomic E-state index is -0.765. The maximum Gasteiger partial charge on any atom is 0.246 e. The van der Waals surface area contributed by atoms with Gasteiger partial charge in [0.25, 0.3) is 0 Å². The summed E-state index contributed by atoms with van der Waals surface area (Å²) in [4.78, 5) is 14.8. The predicted molar refractivity (Wildman–Crippen MR) is 59.6 cm³/mol. The van der Waals surface area contributed by atoms with E-state index in [1.807, 2.05) is 0 Å². The Morgan fingerprint density at radius 3 is 2.94 bits per heavy atom. The number of terminal acetylenes is 1. The molecule has 0 aliphatic rings. The Labute approximate surface area is 92.3 Å². The highest BCUT2D eigenvalue weighted by atomic mass is 16.5. The predicted octanol–water partition coefficient (Wildman–Crippen LogP) is 0.726. The molecule has 2 aromatic heterocycles. The van der Waals surface area contributed by atoms with Gasteiger partial charge in [0.15, 0.2) is 11.2 Å². The number of H-pyrrole nitrogens is 1. The van der Waals surface area contributed by atoms with Crippen LogP contribution in [-0.4, -0.2) is 25.5 Å². The topological polar surface area (TPSA) is 89.7 Å². The first-order chi connectivity index (χ1) is 7.52. The number of rotatable bonds is 2. The van der Waals surface area contributed by atoms with Crippen LogP contribution in [0.5, 0.6) is 5.88 Å². The Bertz CT molecular complexity index is 566. The van der Waals surface area contributed by atoms with Crippen LogP contribution in [0, 0.1) is 12.3 Å². The van der Waals surface area contributed by atoms with E-state index in [2.05, 4.69) is 25.9 Å². The number of nitrogen functional groups attached to an aromatic ring is 1. The maximum absolute atomic E-state index is 5.56. The van der Waals surface area contributed by atoms with Gasteiger partial charge < -0.3 is 15.5 Å². The lowest BCUT2D eigenvalue weighted by molar-refractivity contribution is 0.167. The number of nitrogens with zero attached hydrogens (tertiary/aromatic N) is 3. The van der Waals surface area contributed by atoms with Gasteiger partial charge in [0, 0.05) is 0 Å². The van der Waals surface area contributed by atoms with Crippen LogP contribution in [0.1, 0.15) is 13.8 Å². The molecule has 16 heavy (non-hydrogen) atoms. The van der Waals surface area contributed by atoms with E-state index in [1.165, 1.54) is 6.33 Å². The average molecular weight is 217 g/mol. The van der Waals surface area contributed by atoms with Crippen LogP contribution in [-0.2, 0) is 0 Å². The number of nitrogens with two attached hydrogens (primary N) is 1. The molecule has 6 heteroatoms. The van der Waals surface area contributed by atoms with Gasteiger partial charge in [0.1, 0.15) is 5.52 Å². The molecule has 0 unspecified atom stereocenters. The van der Waals surface area contributed by atoms with Gasteiger partial charge in [-0.15, -0.1) is 6.42 Å². The lowest BCUT2D eigenvalue weighted by Gasteiger charge is -2.19. The summed E-state index contributed by atoms with van der Waals surface area (Å²) in [5, 5.41) is 0. The van der Waals surface area contributed by atoms with Crippen molar-refractivity contribution >= 4 is 17.1 Å². The zero-order valence-electron chi connectivity index (χ0n) is 8.98. The quantitative estimate of drug-likeness (QED) is 0.723. The fraction of sp³-hybridized carbons (Fsp3) is 0.300. The normalized spacial score (nSPS) is 11.3. The molecule has 0 atom stereocenters. The molecular weight excluding hydrogens is 206 g/mol. The van der Waals surface area contributed by atoms with Gasteiger partial charge in [-0.3, -0.25) is 0 Å². The van der Waals surface area contributed by atoms with E-state index in [-0.39, 0.29) is 5.95 Å². The van der Waals surface area contributed by atoms with E-state index in [9.17, 15) is 0 Å². The highest BCUT2D eigenvalue weighted by Crippen LogP contribution is 2.23. The number of aromatic amines is 1. The summed E-state index contributed by atoms with van der Waals surface area (Å²) in [7, 11) is 0. The van der Waals surface area contributed by atoms with Crippen LogP contribution in [0.25, 0.3) is 11.2 Å². The SMILES string of the molecule is C#CC(C)(C)Oc1nc(N)nc2nc[nH]c12. The lowest BCUT2D eigenvalue weighted by Crippen LogP contribution is -2.26.